The van der Waals surface area contributed by atoms with Gasteiger partial charge in [0.05, 0.1) is 0 Å². The van der Waals surface area contributed by atoms with Gasteiger partial charge in [0, 0.05) is 13.5 Å². The third kappa shape index (κ3) is 11.5. The summed E-state index contributed by atoms with van der Waals surface area (Å²) in [5.41, 5.74) is 0.222. The fraction of sp³-hybridized carbons (Fsp3) is 0.917. The summed E-state index contributed by atoms with van der Waals surface area (Å²) in [6.07, 6.45) is 1.15. The monoisotopic (exact) mass is 201 g/mol. The average molecular weight is 201 g/mol. The third-order valence-corrected chi connectivity index (χ3v) is 1.78. The van der Waals surface area contributed by atoms with Crippen molar-refractivity contribution in [3.05, 3.63) is 0 Å². The molecule has 0 aliphatic carbocycles. The van der Waals surface area contributed by atoms with Gasteiger partial charge in [0.15, 0.2) is 0 Å². The molecule has 0 aliphatic heterocycles. The number of amides is 1. The van der Waals surface area contributed by atoms with E-state index in [1.165, 1.54) is 0 Å². The normalized spacial score (nSPS) is 10.6. The Hall–Kier alpha value is -0.530. The zero-order chi connectivity index (χ0) is 11.8. The van der Waals surface area contributed by atoms with E-state index in [-0.39, 0.29) is 11.3 Å². The molecule has 2 nitrogen and oxygen atoms in total. The molecule has 2 heteroatoms. The molecule has 0 aromatic rings. The summed E-state index contributed by atoms with van der Waals surface area (Å²) in [5, 5.41) is 2.85. The molecule has 1 amide bonds. The van der Waals surface area contributed by atoms with E-state index >= 15 is 0 Å². The summed E-state index contributed by atoms with van der Waals surface area (Å²) in [7, 11) is 0. The molecule has 0 aliphatic rings. The van der Waals surface area contributed by atoms with Crippen LogP contribution in [0.3, 0.4) is 0 Å². The van der Waals surface area contributed by atoms with Crippen LogP contribution in [0.4, 0.5) is 0 Å². The lowest BCUT2D eigenvalue weighted by molar-refractivity contribution is -0.119. The number of rotatable bonds is 4. The highest BCUT2D eigenvalue weighted by Gasteiger charge is 2.19. The second kappa shape index (κ2) is 7.84. The molecular weight excluding hydrogens is 174 g/mol. The van der Waals surface area contributed by atoms with Crippen LogP contribution in [0, 0.1) is 11.3 Å². The Morgan fingerprint density at radius 3 is 2.00 bits per heavy atom. The summed E-state index contributed by atoms with van der Waals surface area (Å²) >= 11 is 0. The van der Waals surface area contributed by atoms with Crippen LogP contribution in [0.15, 0.2) is 0 Å². The van der Waals surface area contributed by atoms with Gasteiger partial charge in [-0.2, -0.15) is 0 Å². The molecule has 0 saturated heterocycles. The topological polar surface area (TPSA) is 29.1 Å². The Morgan fingerprint density at radius 2 is 1.71 bits per heavy atom. The molecule has 14 heavy (non-hydrogen) atoms. The second-order valence-electron chi connectivity index (χ2n) is 4.67. The van der Waals surface area contributed by atoms with E-state index in [0.29, 0.717) is 5.92 Å². The predicted molar refractivity (Wildman–Crippen MR) is 63.3 cm³/mol. The van der Waals surface area contributed by atoms with Gasteiger partial charge in [-0.15, -0.1) is 0 Å². The third-order valence-electron chi connectivity index (χ3n) is 1.78. The molecule has 0 heterocycles. The molecular formula is C12H27NO. The summed E-state index contributed by atoms with van der Waals surface area (Å²) in [5.74, 6) is 0.751. The van der Waals surface area contributed by atoms with Crippen LogP contribution in [0.5, 0.6) is 0 Å². The number of carbonyl (C=O) groups excluding carboxylic acids is 1. The lowest BCUT2D eigenvalue weighted by Crippen LogP contribution is -2.33. The van der Waals surface area contributed by atoms with Gasteiger partial charge in [0.1, 0.15) is 0 Å². The standard InChI is InChI=1S/C10H21NO.C2H6/c1-8(2)6-10(4,5)7-11-9(3)12;1-2/h8H,6-7H2,1-5H3,(H,11,12);1-2H3. The van der Waals surface area contributed by atoms with Crippen molar-refractivity contribution in [2.24, 2.45) is 11.3 Å². The number of carbonyl (C=O) groups is 1. The zero-order valence-electron chi connectivity index (χ0n) is 10.9. The van der Waals surface area contributed by atoms with E-state index < -0.39 is 0 Å². The minimum absolute atomic E-state index is 0.0619. The Bertz CT molecular complexity index is 150. The predicted octanol–water partition coefficient (Wildman–Crippen LogP) is 3.22. The van der Waals surface area contributed by atoms with Gasteiger partial charge >= 0.3 is 0 Å². The average Bonchev–Trinajstić information content (AvgIpc) is 2.03. The van der Waals surface area contributed by atoms with Crippen LogP contribution >= 0.6 is 0 Å². The molecule has 0 radical (unpaired) electrons. The van der Waals surface area contributed by atoms with Gasteiger partial charge in [-0.1, -0.05) is 41.5 Å². The van der Waals surface area contributed by atoms with Crippen LogP contribution in [-0.4, -0.2) is 12.5 Å². The van der Waals surface area contributed by atoms with E-state index in [9.17, 15) is 4.79 Å². The molecule has 1 N–H and O–H groups in total. The van der Waals surface area contributed by atoms with Crippen molar-refractivity contribution in [2.75, 3.05) is 6.54 Å². The van der Waals surface area contributed by atoms with Crippen molar-refractivity contribution >= 4 is 5.91 Å². The minimum Gasteiger partial charge on any atom is -0.356 e. The van der Waals surface area contributed by atoms with Gasteiger partial charge in [-0.25, -0.2) is 0 Å². The van der Waals surface area contributed by atoms with Crippen molar-refractivity contribution in [2.45, 2.75) is 54.9 Å². The lowest BCUT2D eigenvalue weighted by Gasteiger charge is -2.26. The maximum absolute atomic E-state index is 10.7. The molecule has 0 unspecified atom stereocenters. The van der Waals surface area contributed by atoms with Crippen LogP contribution in [-0.2, 0) is 4.79 Å². The first-order chi connectivity index (χ1) is 6.33. The quantitative estimate of drug-likeness (QED) is 0.743. The highest BCUT2D eigenvalue weighted by atomic mass is 16.1. The Morgan fingerprint density at radius 1 is 1.29 bits per heavy atom. The molecule has 0 rings (SSSR count). The van der Waals surface area contributed by atoms with Crippen LogP contribution in [0.1, 0.15) is 54.9 Å². The van der Waals surface area contributed by atoms with E-state index in [2.05, 4.69) is 33.0 Å². The second-order valence-corrected chi connectivity index (χ2v) is 4.67. The number of hydrogen-bond acceptors (Lipinski definition) is 1. The number of nitrogens with one attached hydrogen (secondary N) is 1. The summed E-state index contributed by atoms with van der Waals surface area (Å²) in [6, 6.07) is 0. The molecule has 0 bridgehead atoms. The van der Waals surface area contributed by atoms with E-state index in [1.807, 2.05) is 13.8 Å². The molecule has 86 valence electrons. The lowest BCUT2D eigenvalue weighted by atomic mass is 9.84. The Kier molecular flexibility index (Phi) is 8.91. The highest BCUT2D eigenvalue weighted by molar-refractivity contribution is 5.72. The highest BCUT2D eigenvalue weighted by Crippen LogP contribution is 2.23. The van der Waals surface area contributed by atoms with Crippen molar-refractivity contribution in [1.82, 2.24) is 5.32 Å². The molecule has 0 aromatic heterocycles. The molecule has 0 aromatic carbocycles. The van der Waals surface area contributed by atoms with Crippen LogP contribution in [0.2, 0.25) is 0 Å². The first-order valence-electron chi connectivity index (χ1n) is 5.58. The van der Waals surface area contributed by atoms with Gasteiger partial charge in [-0.3, -0.25) is 4.79 Å². The summed E-state index contributed by atoms with van der Waals surface area (Å²) < 4.78 is 0. The number of hydrogen-bond donors (Lipinski definition) is 1. The van der Waals surface area contributed by atoms with Gasteiger partial charge in [0.2, 0.25) is 5.91 Å². The molecule has 0 atom stereocenters. The SMILES string of the molecule is CC.CC(=O)NCC(C)(C)CC(C)C. The van der Waals surface area contributed by atoms with Gasteiger partial charge in [-0.05, 0) is 17.8 Å². The Balaban J connectivity index is 0. The molecule has 0 fully saturated rings. The summed E-state index contributed by atoms with van der Waals surface area (Å²) in [4.78, 5) is 10.7. The summed E-state index contributed by atoms with van der Waals surface area (Å²) in [6.45, 7) is 15.1. The molecule has 0 spiro atoms. The van der Waals surface area contributed by atoms with Crippen LogP contribution in [0.25, 0.3) is 0 Å². The van der Waals surface area contributed by atoms with Gasteiger partial charge in [0.25, 0.3) is 0 Å². The maximum atomic E-state index is 10.7. The van der Waals surface area contributed by atoms with E-state index in [1.54, 1.807) is 6.92 Å². The maximum Gasteiger partial charge on any atom is 0.216 e. The van der Waals surface area contributed by atoms with Crippen molar-refractivity contribution < 1.29 is 4.79 Å². The fourth-order valence-corrected chi connectivity index (χ4v) is 1.54. The first kappa shape index (κ1) is 15.9. The van der Waals surface area contributed by atoms with Crippen molar-refractivity contribution in [3.8, 4) is 0 Å². The van der Waals surface area contributed by atoms with Gasteiger partial charge < -0.3 is 5.32 Å². The van der Waals surface area contributed by atoms with Crippen molar-refractivity contribution in [1.29, 1.82) is 0 Å². The minimum atomic E-state index is 0.0619. The largest absolute Gasteiger partial charge is 0.356 e. The van der Waals surface area contributed by atoms with E-state index in [4.69, 9.17) is 0 Å². The zero-order valence-corrected chi connectivity index (χ0v) is 10.9. The van der Waals surface area contributed by atoms with Crippen LogP contribution < -0.4 is 5.32 Å². The first-order valence-corrected chi connectivity index (χ1v) is 5.58. The fourth-order valence-electron chi connectivity index (χ4n) is 1.54. The smallest absolute Gasteiger partial charge is 0.216 e. The Labute approximate surface area is 89.5 Å². The molecule has 0 saturated carbocycles. The van der Waals surface area contributed by atoms with E-state index in [0.717, 1.165) is 13.0 Å². The van der Waals surface area contributed by atoms with Crippen molar-refractivity contribution in [3.63, 3.8) is 0 Å².